The Morgan fingerprint density at radius 1 is 1.32 bits per heavy atom. The number of rotatable bonds is 1. The first-order valence-corrected chi connectivity index (χ1v) is 7.54. The fraction of sp³-hybridized carbons (Fsp3) is 0.412. The van der Waals surface area contributed by atoms with Crippen molar-refractivity contribution in [2.24, 2.45) is 0 Å². The molecule has 0 radical (unpaired) electrons. The van der Waals surface area contributed by atoms with Crippen LogP contribution in [0, 0.1) is 0 Å². The average Bonchev–Trinajstić information content (AvgIpc) is 2.89. The van der Waals surface area contributed by atoms with Crippen molar-refractivity contribution in [2.45, 2.75) is 32.8 Å². The molecule has 0 unspecified atom stereocenters. The van der Waals surface area contributed by atoms with E-state index in [4.69, 9.17) is 4.74 Å². The molecule has 0 saturated heterocycles. The highest BCUT2D eigenvalue weighted by Crippen LogP contribution is 2.27. The molecule has 1 N–H and O–H groups in total. The standard InChI is InChI=1S/C17H21N3O2/c1-17(2,3)22-16(21)20-10-8-12(9-11-20)15-13-6-4-5-7-14(13)18-19-15/h4-8H,9-11H2,1-3H3,(H,18,19). The molecule has 3 rings (SSSR count). The molecule has 1 aliphatic rings. The van der Waals surface area contributed by atoms with Crippen molar-refractivity contribution >= 4 is 22.6 Å². The molecule has 5 heteroatoms. The van der Waals surface area contributed by atoms with E-state index in [1.165, 1.54) is 5.57 Å². The number of benzene rings is 1. The van der Waals surface area contributed by atoms with E-state index in [9.17, 15) is 4.79 Å². The van der Waals surface area contributed by atoms with E-state index >= 15 is 0 Å². The molecule has 1 aromatic carbocycles. The molecule has 0 aliphatic carbocycles. The molecule has 1 aromatic heterocycles. The van der Waals surface area contributed by atoms with Crippen LogP contribution in [0.15, 0.2) is 30.3 Å². The molecular weight excluding hydrogens is 278 g/mol. The second-order valence-electron chi connectivity index (χ2n) is 6.52. The van der Waals surface area contributed by atoms with Crippen LogP contribution in [0.25, 0.3) is 16.5 Å². The van der Waals surface area contributed by atoms with E-state index in [-0.39, 0.29) is 6.09 Å². The van der Waals surface area contributed by atoms with E-state index in [1.54, 1.807) is 4.90 Å². The minimum atomic E-state index is -0.459. The van der Waals surface area contributed by atoms with Crippen LogP contribution < -0.4 is 0 Å². The van der Waals surface area contributed by atoms with Gasteiger partial charge in [-0.3, -0.25) is 5.10 Å². The largest absolute Gasteiger partial charge is 0.444 e. The summed E-state index contributed by atoms with van der Waals surface area (Å²) in [6.07, 6.45) is 2.60. The number of fused-ring (bicyclic) bond motifs is 1. The summed E-state index contributed by atoms with van der Waals surface area (Å²) in [5, 5.41) is 8.60. The number of para-hydroxylation sites is 1. The molecule has 2 aromatic rings. The fourth-order valence-corrected chi connectivity index (χ4v) is 2.58. The van der Waals surface area contributed by atoms with Crippen LogP contribution in [0.5, 0.6) is 0 Å². The number of aromatic amines is 1. The zero-order chi connectivity index (χ0) is 15.7. The molecule has 22 heavy (non-hydrogen) atoms. The smallest absolute Gasteiger partial charge is 0.410 e. The Bertz CT molecular complexity index is 725. The van der Waals surface area contributed by atoms with Gasteiger partial charge in [-0.1, -0.05) is 24.3 Å². The summed E-state index contributed by atoms with van der Waals surface area (Å²) in [6.45, 7) is 6.86. The van der Waals surface area contributed by atoms with Crippen molar-refractivity contribution in [3.05, 3.63) is 36.0 Å². The van der Waals surface area contributed by atoms with Crippen molar-refractivity contribution in [2.75, 3.05) is 13.1 Å². The van der Waals surface area contributed by atoms with E-state index in [1.807, 2.05) is 39.0 Å². The lowest BCUT2D eigenvalue weighted by Gasteiger charge is -2.29. The van der Waals surface area contributed by atoms with Gasteiger partial charge < -0.3 is 9.64 Å². The Labute approximate surface area is 129 Å². The first-order chi connectivity index (χ1) is 10.4. The van der Waals surface area contributed by atoms with Crippen molar-refractivity contribution in [3.8, 4) is 0 Å². The van der Waals surface area contributed by atoms with Crippen LogP contribution >= 0.6 is 0 Å². The van der Waals surface area contributed by atoms with Crippen LogP contribution in [-0.4, -0.2) is 39.9 Å². The highest BCUT2D eigenvalue weighted by molar-refractivity contribution is 5.90. The molecule has 0 spiro atoms. The summed E-state index contributed by atoms with van der Waals surface area (Å²) < 4.78 is 5.41. The maximum atomic E-state index is 12.1. The van der Waals surface area contributed by atoms with Crippen LogP contribution in [-0.2, 0) is 4.74 Å². The van der Waals surface area contributed by atoms with Gasteiger partial charge in [0.1, 0.15) is 5.60 Å². The van der Waals surface area contributed by atoms with Gasteiger partial charge in [-0.25, -0.2) is 4.79 Å². The number of nitrogens with zero attached hydrogens (tertiary/aromatic N) is 2. The van der Waals surface area contributed by atoms with Crippen LogP contribution in [0.4, 0.5) is 4.79 Å². The van der Waals surface area contributed by atoms with Crippen molar-refractivity contribution in [1.82, 2.24) is 15.1 Å². The second-order valence-corrected chi connectivity index (χ2v) is 6.52. The molecule has 1 amide bonds. The van der Waals surface area contributed by atoms with Gasteiger partial charge >= 0.3 is 6.09 Å². The van der Waals surface area contributed by atoms with Crippen molar-refractivity contribution in [3.63, 3.8) is 0 Å². The van der Waals surface area contributed by atoms with E-state index in [2.05, 4.69) is 22.3 Å². The quantitative estimate of drug-likeness (QED) is 0.875. The Balaban J connectivity index is 1.75. The number of carbonyl (C=O) groups excluding carboxylic acids is 1. The van der Waals surface area contributed by atoms with E-state index in [0.29, 0.717) is 13.1 Å². The Hall–Kier alpha value is -2.30. The number of hydrogen-bond acceptors (Lipinski definition) is 3. The zero-order valence-corrected chi connectivity index (χ0v) is 13.2. The third kappa shape index (κ3) is 2.98. The molecule has 0 saturated carbocycles. The Morgan fingerprint density at radius 3 is 2.77 bits per heavy atom. The third-order valence-corrected chi connectivity index (χ3v) is 3.64. The van der Waals surface area contributed by atoms with Gasteiger partial charge in [-0.2, -0.15) is 5.10 Å². The number of carbonyl (C=O) groups is 1. The van der Waals surface area contributed by atoms with Gasteiger partial charge in [0, 0.05) is 18.5 Å². The highest BCUT2D eigenvalue weighted by Gasteiger charge is 2.24. The van der Waals surface area contributed by atoms with Crippen molar-refractivity contribution < 1.29 is 9.53 Å². The number of ether oxygens (including phenoxy) is 1. The summed E-state index contributed by atoms with van der Waals surface area (Å²) >= 11 is 0. The average molecular weight is 299 g/mol. The molecular formula is C17H21N3O2. The zero-order valence-electron chi connectivity index (χ0n) is 13.2. The summed E-state index contributed by atoms with van der Waals surface area (Å²) in [5.74, 6) is 0. The summed E-state index contributed by atoms with van der Waals surface area (Å²) in [5.41, 5.74) is 2.74. The number of H-pyrrole nitrogens is 1. The maximum absolute atomic E-state index is 12.1. The number of nitrogens with one attached hydrogen (secondary N) is 1. The molecule has 2 heterocycles. The van der Waals surface area contributed by atoms with Gasteiger partial charge in [-0.05, 0) is 38.8 Å². The molecule has 1 aliphatic heterocycles. The predicted molar refractivity (Wildman–Crippen MR) is 86.5 cm³/mol. The topological polar surface area (TPSA) is 58.2 Å². The van der Waals surface area contributed by atoms with E-state index in [0.717, 1.165) is 23.0 Å². The molecule has 5 nitrogen and oxygen atoms in total. The first-order valence-electron chi connectivity index (χ1n) is 7.54. The minimum absolute atomic E-state index is 0.255. The summed E-state index contributed by atoms with van der Waals surface area (Å²) in [7, 11) is 0. The lowest BCUT2D eigenvalue weighted by molar-refractivity contribution is 0.0270. The third-order valence-electron chi connectivity index (χ3n) is 3.64. The van der Waals surface area contributed by atoms with Gasteiger partial charge in [0.05, 0.1) is 11.2 Å². The predicted octanol–water partition coefficient (Wildman–Crippen LogP) is 3.59. The monoisotopic (exact) mass is 299 g/mol. The maximum Gasteiger partial charge on any atom is 0.410 e. The molecule has 0 atom stereocenters. The highest BCUT2D eigenvalue weighted by atomic mass is 16.6. The number of hydrogen-bond donors (Lipinski definition) is 1. The van der Waals surface area contributed by atoms with Gasteiger partial charge in [0.25, 0.3) is 0 Å². The molecule has 116 valence electrons. The normalized spacial score (nSPS) is 15.8. The number of amides is 1. The number of aromatic nitrogens is 2. The lowest BCUT2D eigenvalue weighted by atomic mass is 10.0. The van der Waals surface area contributed by atoms with Gasteiger partial charge in [0.15, 0.2) is 0 Å². The summed E-state index contributed by atoms with van der Waals surface area (Å²) in [4.78, 5) is 13.8. The van der Waals surface area contributed by atoms with Gasteiger partial charge in [0.2, 0.25) is 0 Å². The van der Waals surface area contributed by atoms with Gasteiger partial charge in [-0.15, -0.1) is 0 Å². The van der Waals surface area contributed by atoms with Crippen LogP contribution in [0.3, 0.4) is 0 Å². The van der Waals surface area contributed by atoms with Crippen LogP contribution in [0.1, 0.15) is 32.9 Å². The first kappa shape index (κ1) is 14.6. The molecule has 0 fully saturated rings. The second kappa shape index (κ2) is 5.48. The lowest BCUT2D eigenvalue weighted by Crippen LogP contribution is -2.39. The summed E-state index contributed by atoms with van der Waals surface area (Å²) in [6, 6.07) is 8.08. The Kier molecular flexibility index (Phi) is 3.64. The Morgan fingerprint density at radius 2 is 2.09 bits per heavy atom. The van der Waals surface area contributed by atoms with Crippen LogP contribution in [0.2, 0.25) is 0 Å². The SMILES string of the molecule is CC(C)(C)OC(=O)N1CC=C(c2n[nH]c3ccccc23)CC1. The van der Waals surface area contributed by atoms with Crippen molar-refractivity contribution in [1.29, 1.82) is 0 Å². The fourth-order valence-electron chi connectivity index (χ4n) is 2.58. The minimum Gasteiger partial charge on any atom is -0.444 e. The van der Waals surface area contributed by atoms with E-state index < -0.39 is 5.60 Å². The molecule has 0 bridgehead atoms.